The summed E-state index contributed by atoms with van der Waals surface area (Å²) in [6.07, 6.45) is 3.59. The van der Waals surface area contributed by atoms with Gasteiger partial charge in [-0.3, -0.25) is 4.79 Å². The summed E-state index contributed by atoms with van der Waals surface area (Å²) in [4.78, 5) is 13.5. The van der Waals surface area contributed by atoms with Crippen LogP contribution in [-0.4, -0.2) is 34.1 Å². The highest BCUT2D eigenvalue weighted by Crippen LogP contribution is 2.20. The number of nitriles is 1. The Kier molecular flexibility index (Phi) is 3.54. The Balaban J connectivity index is 1.91. The molecule has 0 saturated carbocycles. The summed E-state index contributed by atoms with van der Waals surface area (Å²) >= 11 is 1.39. The van der Waals surface area contributed by atoms with Gasteiger partial charge in [-0.2, -0.15) is 5.26 Å². The smallest absolute Gasteiger partial charge is 0.231 e. The third-order valence-corrected chi connectivity index (χ3v) is 3.68. The van der Waals surface area contributed by atoms with Crippen molar-refractivity contribution in [3.8, 4) is 6.19 Å². The van der Waals surface area contributed by atoms with Gasteiger partial charge in [0.25, 0.3) is 0 Å². The van der Waals surface area contributed by atoms with Crippen molar-refractivity contribution in [1.29, 1.82) is 5.26 Å². The number of nitrogens with one attached hydrogen (secondary N) is 1. The van der Waals surface area contributed by atoms with Gasteiger partial charge in [-0.15, -0.1) is 10.2 Å². The van der Waals surface area contributed by atoms with Crippen LogP contribution >= 0.6 is 11.3 Å². The van der Waals surface area contributed by atoms with Gasteiger partial charge >= 0.3 is 0 Å². The molecular weight excluding hydrogens is 238 g/mol. The molecule has 1 fully saturated rings. The van der Waals surface area contributed by atoms with Crippen molar-refractivity contribution in [3.63, 3.8) is 0 Å². The molecule has 1 aliphatic heterocycles. The number of amides is 1. The summed E-state index contributed by atoms with van der Waals surface area (Å²) in [6, 6.07) is 0. The lowest BCUT2D eigenvalue weighted by molar-refractivity contribution is -0.119. The van der Waals surface area contributed by atoms with E-state index < -0.39 is 0 Å². The number of nitrogens with zero attached hydrogens (tertiary/aromatic N) is 4. The lowest BCUT2D eigenvalue weighted by atomic mass is 10.1. The van der Waals surface area contributed by atoms with Gasteiger partial charge in [0.05, 0.1) is 5.92 Å². The Morgan fingerprint density at radius 1 is 1.71 bits per heavy atom. The van der Waals surface area contributed by atoms with Crippen LogP contribution in [0.1, 0.15) is 18.4 Å². The number of aromatic nitrogens is 2. The van der Waals surface area contributed by atoms with Crippen molar-refractivity contribution < 1.29 is 4.79 Å². The molecule has 7 heteroatoms. The van der Waals surface area contributed by atoms with Crippen LogP contribution in [0.2, 0.25) is 0 Å². The van der Waals surface area contributed by atoms with E-state index in [1.807, 2.05) is 6.92 Å². The molecule has 0 bridgehead atoms. The van der Waals surface area contributed by atoms with Gasteiger partial charge in [0, 0.05) is 13.1 Å². The van der Waals surface area contributed by atoms with Gasteiger partial charge in [-0.05, 0) is 12.8 Å². The minimum absolute atomic E-state index is 0.0680. The lowest BCUT2D eigenvalue weighted by Crippen LogP contribution is -2.25. The van der Waals surface area contributed by atoms with Crippen molar-refractivity contribution in [3.05, 3.63) is 5.01 Å². The van der Waals surface area contributed by atoms with E-state index >= 15 is 0 Å². The lowest BCUT2D eigenvalue weighted by Gasteiger charge is -2.08. The average Bonchev–Trinajstić information content (AvgIpc) is 2.96. The molecule has 0 aromatic carbocycles. The molecule has 1 N–H and O–H groups in total. The highest BCUT2D eigenvalue weighted by molar-refractivity contribution is 7.15. The Hall–Kier alpha value is -1.68. The van der Waals surface area contributed by atoms with Crippen LogP contribution in [0.3, 0.4) is 0 Å². The van der Waals surface area contributed by atoms with Gasteiger partial charge < -0.3 is 10.2 Å². The largest absolute Gasteiger partial charge is 0.310 e. The van der Waals surface area contributed by atoms with Crippen LogP contribution in [0.25, 0.3) is 0 Å². The topological polar surface area (TPSA) is 81.9 Å². The first-order valence-electron chi connectivity index (χ1n) is 5.51. The van der Waals surface area contributed by atoms with Crippen LogP contribution in [0.15, 0.2) is 0 Å². The molecule has 1 amide bonds. The molecule has 2 rings (SSSR count). The number of anilines is 1. The Labute approximate surface area is 103 Å². The van der Waals surface area contributed by atoms with Gasteiger partial charge in [0.15, 0.2) is 6.19 Å². The summed E-state index contributed by atoms with van der Waals surface area (Å²) in [5, 5.41) is 20.8. The quantitative estimate of drug-likeness (QED) is 0.805. The van der Waals surface area contributed by atoms with Crippen LogP contribution in [0, 0.1) is 17.4 Å². The van der Waals surface area contributed by atoms with E-state index in [2.05, 4.69) is 21.7 Å². The van der Waals surface area contributed by atoms with Crippen molar-refractivity contribution in [2.75, 3.05) is 18.4 Å². The Bertz CT molecular complexity index is 452. The monoisotopic (exact) mass is 251 g/mol. The molecule has 6 nitrogen and oxygen atoms in total. The van der Waals surface area contributed by atoms with E-state index in [9.17, 15) is 4.79 Å². The summed E-state index contributed by atoms with van der Waals surface area (Å²) in [7, 11) is 0. The third kappa shape index (κ3) is 2.71. The van der Waals surface area contributed by atoms with E-state index in [-0.39, 0.29) is 11.8 Å². The minimum Gasteiger partial charge on any atom is -0.310 e. The highest BCUT2D eigenvalue weighted by Gasteiger charge is 2.28. The number of hydrogen-bond donors (Lipinski definition) is 1. The van der Waals surface area contributed by atoms with Crippen molar-refractivity contribution in [2.45, 2.75) is 19.8 Å². The predicted octanol–water partition coefficient (Wildman–Crippen LogP) is 0.842. The first-order valence-corrected chi connectivity index (χ1v) is 6.32. The first kappa shape index (κ1) is 11.8. The van der Waals surface area contributed by atoms with Crippen molar-refractivity contribution in [2.24, 2.45) is 5.92 Å². The molecule has 0 aliphatic carbocycles. The fourth-order valence-electron chi connectivity index (χ4n) is 1.72. The van der Waals surface area contributed by atoms with Gasteiger partial charge in [0.1, 0.15) is 5.01 Å². The average molecular weight is 251 g/mol. The molecule has 1 saturated heterocycles. The summed E-state index contributed by atoms with van der Waals surface area (Å²) < 4.78 is 0. The zero-order valence-corrected chi connectivity index (χ0v) is 10.3. The Morgan fingerprint density at radius 3 is 3.12 bits per heavy atom. The second kappa shape index (κ2) is 5.10. The number of carbonyl (C=O) groups excluding carboxylic acids is 1. The van der Waals surface area contributed by atoms with Crippen LogP contribution in [0.4, 0.5) is 5.13 Å². The number of rotatable bonds is 3. The second-order valence-corrected chi connectivity index (χ2v) is 4.94. The van der Waals surface area contributed by atoms with Gasteiger partial charge in [-0.25, -0.2) is 0 Å². The van der Waals surface area contributed by atoms with Gasteiger partial charge in [0.2, 0.25) is 11.0 Å². The Morgan fingerprint density at radius 2 is 2.53 bits per heavy atom. The molecule has 1 aromatic rings. The van der Waals surface area contributed by atoms with Crippen molar-refractivity contribution >= 4 is 22.4 Å². The predicted molar refractivity (Wildman–Crippen MR) is 63.2 cm³/mol. The normalized spacial score (nSPS) is 19.1. The maximum atomic E-state index is 11.9. The molecule has 0 radical (unpaired) electrons. The number of carbonyl (C=O) groups is 1. The molecule has 17 heavy (non-hydrogen) atoms. The number of aryl methyl sites for hydroxylation is 1. The van der Waals surface area contributed by atoms with E-state index in [0.29, 0.717) is 18.2 Å². The standard InChI is InChI=1S/C10H13N5OS/c1-2-8-13-14-10(17-8)12-9(16)7-3-4-15(5-7)6-11/h7H,2-5H2,1H3,(H,12,14,16). The molecule has 90 valence electrons. The van der Waals surface area contributed by atoms with E-state index in [1.165, 1.54) is 11.3 Å². The summed E-state index contributed by atoms with van der Waals surface area (Å²) in [5.74, 6) is -0.190. The number of hydrogen-bond acceptors (Lipinski definition) is 6. The number of likely N-dealkylation sites (tertiary alicyclic amines) is 1. The van der Waals surface area contributed by atoms with E-state index in [0.717, 1.165) is 17.8 Å². The molecule has 2 heterocycles. The first-order chi connectivity index (χ1) is 8.22. The van der Waals surface area contributed by atoms with Crippen LogP contribution < -0.4 is 5.32 Å². The molecule has 1 atom stereocenters. The molecule has 1 unspecified atom stereocenters. The summed E-state index contributed by atoms with van der Waals surface area (Å²) in [6.45, 7) is 3.15. The molecule has 0 spiro atoms. The minimum atomic E-state index is -0.122. The second-order valence-electron chi connectivity index (χ2n) is 3.88. The van der Waals surface area contributed by atoms with E-state index in [1.54, 1.807) is 4.90 Å². The fourth-order valence-corrected chi connectivity index (χ4v) is 2.40. The maximum absolute atomic E-state index is 11.9. The zero-order chi connectivity index (χ0) is 12.3. The van der Waals surface area contributed by atoms with E-state index in [4.69, 9.17) is 5.26 Å². The van der Waals surface area contributed by atoms with Crippen LogP contribution in [-0.2, 0) is 11.2 Å². The molecule has 1 aliphatic rings. The van der Waals surface area contributed by atoms with Crippen LogP contribution in [0.5, 0.6) is 0 Å². The zero-order valence-electron chi connectivity index (χ0n) is 9.51. The maximum Gasteiger partial charge on any atom is 0.231 e. The highest BCUT2D eigenvalue weighted by atomic mass is 32.1. The van der Waals surface area contributed by atoms with Gasteiger partial charge in [-0.1, -0.05) is 18.3 Å². The summed E-state index contributed by atoms with van der Waals surface area (Å²) in [5.41, 5.74) is 0. The SMILES string of the molecule is CCc1nnc(NC(=O)C2CCN(C#N)C2)s1. The molecule has 1 aromatic heterocycles. The fraction of sp³-hybridized carbons (Fsp3) is 0.600. The van der Waals surface area contributed by atoms with Crippen molar-refractivity contribution in [1.82, 2.24) is 15.1 Å². The third-order valence-electron chi connectivity index (χ3n) is 2.70. The molecular formula is C10H13N5OS.